The molecule has 0 unspecified atom stereocenters. The Labute approximate surface area is 64.9 Å². The molecule has 0 spiro atoms. The second-order valence-corrected chi connectivity index (χ2v) is 5.04. The molecule has 0 aromatic rings. The predicted molar refractivity (Wildman–Crippen MR) is 47.0 cm³/mol. The smallest absolute Gasteiger partial charge is 0.261 e. The minimum Gasteiger partial charge on any atom is -0.335 e. The SMILES string of the molecule is C[SH](C)C(=O)N1CCCC1. The van der Waals surface area contributed by atoms with Gasteiger partial charge in [-0.25, -0.2) is 0 Å². The average Bonchev–Trinajstić information content (AvgIpc) is 2.36. The zero-order valence-electron chi connectivity index (χ0n) is 6.63. The largest absolute Gasteiger partial charge is 0.335 e. The molecule has 0 saturated carbocycles. The molecule has 0 aliphatic carbocycles. The van der Waals surface area contributed by atoms with Gasteiger partial charge in [-0.1, -0.05) is 0 Å². The molecule has 0 bridgehead atoms. The Hall–Kier alpha value is -0.180. The lowest BCUT2D eigenvalue weighted by atomic mass is 10.4. The van der Waals surface area contributed by atoms with E-state index >= 15 is 0 Å². The minimum absolute atomic E-state index is 0.382. The van der Waals surface area contributed by atoms with E-state index in [0.717, 1.165) is 13.1 Å². The Kier molecular flexibility index (Phi) is 2.60. The first-order chi connectivity index (χ1) is 4.72. The number of hydrogen-bond donors (Lipinski definition) is 1. The van der Waals surface area contributed by atoms with Crippen LogP contribution in [0.15, 0.2) is 0 Å². The highest BCUT2D eigenvalue weighted by atomic mass is 32.2. The van der Waals surface area contributed by atoms with Crippen LogP contribution in [-0.2, 0) is 0 Å². The van der Waals surface area contributed by atoms with Gasteiger partial charge in [0, 0.05) is 13.1 Å². The second-order valence-electron chi connectivity index (χ2n) is 2.87. The van der Waals surface area contributed by atoms with E-state index < -0.39 is 0 Å². The lowest BCUT2D eigenvalue weighted by Crippen LogP contribution is -2.25. The van der Waals surface area contributed by atoms with Gasteiger partial charge in [0.15, 0.2) is 0 Å². The summed E-state index contributed by atoms with van der Waals surface area (Å²) in [6.45, 7) is 2.00. The monoisotopic (exact) mass is 161 g/mol. The van der Waals surface area contributed by atoms with Gasteiger partial charge < -0.3 is 4.90 Å². The van der Waals surface area contributed by atoms with Crippen molar-refractivity contribution in [2.75, 3.05) is 25.6 Å². The van der Waals surface area contributed by atoms with Gasteiger partial charge in [0.2, 0.25) is 0 Å². The van der Waals surface area contributed by atoms with Gasteiger partial charge in [-0.3, -0.25) is 4.79 Å². The van der Waals surface area contributed by atoms with E-state index in [9.17, 15) is 4.79 Å². The maximum absolute atomic E-state index is 11.3. The highest BCUT2D eigenvalue weighted by Crippen LogP contribution is 2.22. The molecular weight excluding hydrogens is 146 g/mol. The summed E-state index contributed by atoms with van der Waals surface area (Å²) >= 11 is 0. The number of carbonyl (C=O) groups excluding carboxylic acids is 1. The molecule has 1 rings (SSSR count). The molecule has 0 atom stereocenters. The van der Waals surface area contributed by atoms with Crippen molar-refractivity contribution in [3.63, 3.8) is 0 Å². The summed E-state index contributed by atoms with van der Waals surface area (Å²) in [5, 5.41) is 0.382. The first-order valence-electron chi connectivity index (χ1n) is 3.68. The average molecular weight is 161 g/mol. The Morgan fingerprint density at radius 1 is 1.30 bits per heavy atom. The van der Waals surface area contributed by atoms with Crippen molar-refractivity contribution in [3.05, 3.63) is 0 Å². The fourth-order valence-electron chi connectivity index (χ4n) is 1.19. The maximum Gasteiger partial charge on any atom is 0.261 e. The molecular formula is C7H15NOS. The third kappa shape index (κ3) is 1.66. The molecule has 1 aliphatic rings. The minimum atomic E-state index is -0.386. The lowest BCUT2D eigenvalue weighted by Gasteiger charge is -2.19. The molecule has 1 saturated heterocycles. The van der Waals surface area contributed by atoms with E-state index in [0.29, 0.717) is 5.24 Å². The zero-order valence-corrected chi connectivity index (χ0v) is 7.53. The molecule has 0 radical (unpaired) electrons. The Morgan fingerprint density at radius 2 is 1.80 bits per heavy atom. The van der Waals surface area contributed by atoms with Gasteiger partial charge >= 0.3 is 0 Å². The summed E-state index contributed by atoms with van der Waals surface area (Å²) in [5.74, 6) is 0. The van der Waals surface area contributed by atoms with Gasteiger partial charge in [0.25, 0.3) is 5.24 Å². The highest BCUT2D eigenvalue weighted by molar-refractivity contribution is 8.28. The van der Waals surface area contributed by atoms with Crippen molar-refractivity contribution < 1.29 is 4.79 Å². The van der Waals surface area contributed by atoms with E-state index in [1.54, 1.807) is 0 Å². The van der Waals surface area contributed by atoms with Crippen LogP contribution < -0.4 is 0 Å². The molecule has 10 heavy (non-hydrogen) atoms. The van der Waals surface area contributed by atoms with Gasteiger partial charge in [0.05, 0.1) is 0 Å². The number of rotatable bonds is 0. The number of likely N-dealkylation sites (tertiary alicyclic amines) is 1. The Bertz CT molecular complexity index is 130. The van der Waals surface area contributed by atoms with E-state index in [4.69, 9.17) is 0 Å². The number of amides is 1. The van der Waals surface area contributed by atoms with Crippen molar-refractivity contribution in [3.8, 4) is 0 Å². The first kappa shape index (κ1) is 7.92. The molecule has 3 heteroatoms. The molecule has 1 aliphatic heterocycles. The van der Waals surface area contributed by atoms with Crippen LogP contribution in [0.4, 0.5) is 4.79 Å². The van der Waals surface area contributed by atoms with E-state index in [-0.39, 0.29) is 10.9 Å². The van der Waals surface area contributed by atoms with Crippen molar-refractivity contribution in [1.82, 2.24) is 4.90 Å². The Morgan fingerprint density at radius 3 is 2.20 bits per heavy atom. The zero-order chi connectivity index (χ0) is 7.56. The van der Waals surface area contributed by atoms with Gasteiger partial charge in [0.1, 0.15) is 0 Å². The number of carbonyl (C=O) groups is 1. The van der Waals surface area contributed by atoms with Crippen LogP contribution in [0.3, 0.4) is 0 Å². The van der Waals surface area contributed by atoms with E-state index in [1.807, 2.05) is 17.4 Å². The van der Waals surface area contributed by atoms with Crippen LogP contribution in [0.2, 0.25) is 0 Å². The van der Waals surface area contributed by atoms with Gasteiger partial charge in [-0.2, -0.15) is 10.9 Å². The van der Waals surface area contributed by atoms with Crippen LogP contribution in [-0.4, -0.2) is 35.7 Å². The summed E-state index contributed by atoms with van der Waals surface area (Å²) in [4.78, 5) is 13.3. The molecule has 0 aromatic carbocycles. The van der Waals surface area contributed by atoms with Crippen LogP contribution in [0.5, 0.6) is 0 Å². The Balaban J connectivity index is 2.40. The number of hydrogen-bond acceptors (Lipinski definition) is 1. The molecule has 0 aromatic heterocycles. The summed E-state index contributed by atoms with van der Waals surface area (Å²) in [6.07, 6.45) is 6.45. The summed E-state index contributed by atoms with van der Waals surface area (Å²) < 4.78 is 0. The lowest BCUT2D eigenvalue weighted by molar-refractivity contribution is 0.233. The predicted octanol–water partition coefficient (Wildman–Crippen LogP) is 1.46. The summed E-state index contributed by atoms with van der Waals surface area (Å²) in [7, 11) is -0.386. The maximum atomic E-state index is 11.3. The number of nitrogens with zero attached hydrogens (tertiary/aromatic N) is 1. The normalized spacial score (nSPS) is 19.4. The topological polar surface area (TPSA) is 20.3 Å². The quantitative estimate of drug-likeness (QED) is 0.533. The van der Waals surface area contributed by atoms with Crippen LogP contribution in [0, 0.1) is 0 Å². The first-order valence-corrected chi connectivity index (χ1v) is 5.91. The van der Waals surface area contributed by atoms with Gasteiger partial charge in [-0.15, -0.1) is 0 Å². The van der Waals surface area contributed by atoms with Crippen molar-refractivity contribution in [2.45, 2.75) is 12.8 Å². The van der Waals surface area contributed by atoms with Gasteiger partial charge in [-0.05, 0) is 25.4 Å². The number of thiol groups is 1. The second kappa shape index (κ2) is 3.28. The molecule has 1 amide bonds. The highest BCUT2D eigenvalue weighted by Gasteiger charge is 2.18. The molecule has 0 N–H and O–H groups in total. The molecule has 2 nitrogen and oxygen atoms in total. The third-order valence-corrected chi connectivity index (χ3v) is 2.81. The molecule has 1 fully saturated rings. The van der Waals surface area contributed by atoms with Crippen molar-refractivity contribution >= 4 is 16.1 Å². The molecule has 1 heterocycles. The standard InChI is InChI=1S/C7H15NOS/c1-10(2)7(9)8-5-3-4-6-8/h10H,3-6H2,1-2H3. The van der Waals surface area contributed by atoms with Crippen LogP contribution >= 0.6 is 10.9 Å². The van der Waals surface area contributed by atoms with E-state index in [1.165, 1.54) is 12.8 Å². The fourth-order valence-corrected chi connectivity index (χ4v) is 1.96. The van der Waals surface area contributed by atoms with Crippen molar-refractivity contribution in [2.24, 2.45) is 0 Å². The van der Waals surface area contributed by atoms with E-state index in [2.05, 4.69) is 0 Å². The van der Waals surface area contributed by atoms with Crippen LogP contribution in [0.1, 0.15) is 12.8 Å². The summed E-state index contributed by atoms with van der Waals surface area (Å²) in [6, 6.07) is 0. The van der Waals surface area contributed by atoms with Crippen molar-refractivity contribution in [1.29, 1.82) is 0 Å². The molecule has 60 valence electrons. The third-order valence-electron chi connectivity index (χ3n) is 1.76. The summed E-state index contributed by atoms with van der Waals surface area (Å²) in [5.41, 5.74) is 0. The van der Waals surface area contributed by atoms with Crippen LogP contribution in [0.25, 0.3) is 0 Å². The fraction of sp³-hybridized carbons (Fsp3) is 0.857.